The van der Waals surface area contributed by atoms with Crippen molar-refractivity contribution in [2.45, 2.75) is 39.0 Å². The monoisotopic (exact) mass is 489 g/mol. The number of terminal acetylenes is 1. The molecule has 186 valence electrons. The minimum absolute atomic E-state index is 0.559. The first-order chi connectivity index (χ1) is 18.1. The molecule has 0 radical (unpaired) electrons. The van der Waals surface area contributed by atoms with Crippen molar-refractivity contribution in [1.82, 2.24) is 24.9 Å². The molecule has 0 saturated carbocycles. The number of hydrogen-bond donors (Lipinski definition) is 3. The molecule has 37 heavy (non-hydrogen) atoms. The fraction of sp³-hybridized carbons (Fsp3) is 0.200. The van der Waals surface area contributed by atoms with E-state index in [4.69, 9.17) is 10.7 Å². The number of nitrogens with one attached hydrogen (secondary N) is 2. The zero-order valence-electron chi connectivity index (χ0n) is 21.0. The fourth-order valence-corrected chi connectivity index (χ4v) is 4.24. The number of hydrogen-bond acceptors (Lipinski definition) is 6. The molecule has 0 fully saturated rings. The lowest BCUT2D eigenvalue weighted by atomic mass is 10.1. The molecule has 0 bridgehead atoms. The number of nitrogens with two attached hydrogens (primary N) is 1. The molecule has 1 aliphatic carbocycles. The van der Waals surface area contributed by atoms with Crippen molar-refractivity contribution in [2.24, 2.45) is 0 Å². The molecule has 5 rings (SSSR count). The summed E-state index contributed by atoms with van der Waals surface area (Å²) in [6.45, 7) is 6.29. The maximum absolute atomic E-state index is 6.31. The van der Waals surface area contributed by atoms with Gasteiger partial charge in [-0.25, -0.2) is 4.98 Å². The number of nitrogen functional groups attached to an aromatic ring is 1. The number of H-pyrrole nitrogens is 1. The van der Waals surface area contributed by atoms with Crippen LogP contribution in [0.25, 0.3) is 27.9 Å². The van der Waals surface area contributed by atoms with Gasteiger partial charge in [-0.05, 0) is 42.5 Å². The Labute approximate surface area is 217 Å². The molecule has 4 aromatic rings. The maximum atomic E-state index is 6.31. The van der Waals surface area contributed by atoms with Crippen molar-refractivity contribution in [3.05, 3.63) is 90.6 Å². The topological polar surface area (TPSA) is 105 Å². The van der Waals surface area contributed by atoms with Crippen molar-refractivity contribution in [2.75, 3.05) is 11.1 Å². The number of rotatable bonds is 9. The first-order valence-corrected chi connectivity index (χ1v) is 12.3. The second kappa shape index (κ2) is 11.8. The van der Waals surface area contributed by atoms with Crippen molar-refractivity contribution >= 4 is 28.0 Å². The van der Waals surface area contributed by atoms with E-state index >= 15 is 0 Å². The molecule has 0 unspecified atom stereocenters. The molecular formula is C30H31N7. The van der Waals surface area contributed by atoms with Gasteiger partial charge in [-0.1, -0.05) is 38.2 Å². The predicted octanol–water partition coefficient (Wildman–Crippen LogP) is 6.30. The SMILES string of the molecule is C#C.C=C(CCCC)Nc1cncc(-c2cc(Cc3nc4c(C5=CCC=C5)cncc4[nH]3)c(N)cn2)c1. The van der Waals surface area contributed by atoms with Crippen LogP contribution >= 0.6 is 0 Å². The molecule has 0 atom stereocenters. The molecule has 7 nitrogen and oxygen atoms in total. The Kier molecular flexibility index (Phi) is 8.11. The van der Waals surface area contributed by atoms with Gasteiger partial charge in [0.2, 0.25) is 0 Å². The van der Waals surface area contributed by atoms with Crippen LogP contribution in [-0.2, 0) is 6.42 Å². The van der Waals surface area contributed by atoms with Crippen molar-refractivity contribution < 1.29 is 0 Å². The Bertz CT molecular complexity index is 1490. The number of imidazole rings is 1. The van der Waals surface area contributed by atoms with Crippen molar-refractivity contribution in [3.63, 3.8) is 0 Å². The van der Waals surface area contributed by atoms with E-state index in [1.807, 2.05) is 30.7 Å². The van der Waals surface area contributed by atoms with Gasteiger partial charge in [-0.3, -0.25) is 15.0 Å². The third-order valence-electron chi connectivity index (χ3n) is 6.10. The Balaban J connectivity index is 0.00000156. The molecule has 0 saturated heterocycles. The maximum Gasteiger partial charge on any atom is 0.111 e. The lowest BCUT2D eigenvalue weighted by Gasteiger charge is -2.11. The van der Waals surface area contributed by atoms with Crippen LogP contribution < -0.4 is 11.1 Å². The van der Waals surface area contributed by atoms with E-state index in [1.165, 1.54) is 0 Å². The summed E-state index contributed by atoms with van der Waals surface area (Å²) in [6.07, 6.45) is 28.1. The quantitative estimate of drug-likeness (QED) is 0.238. The number of allylic oxidation sites excluding steroid dienone is 5. The highest BCUT2D eigenvalue weighted by Crippen LogP contribution is 2.29. The van der Waals surface area contributed by atoms with Crippen molar-refractivity contribution in [1.29, 1.82) is 0 Å². The van der Waals surface area contributed by atoms with Gasteiger partial charge in [0.05, 0.1) is 46.7 Å². The van der Waals surface area contributed by atoms with Gasteiger partial charge in [0.15, 0.2) is 0 Å². The van der Waals surface area contributed by atoms with Crippen LogP contribution in [0.15, 0.2) is 73.6 Å². The van der Waals surface area contributed by atoms with E-state index < -0.39 is 0 Å². The van der Waals surface area contributed by atoms with Crippen molar-refractivity contribution in [3.8, 4) is 24.1 Å². The molecule has 1 aliphatic rings. The van der Waals surface area contributed by atoms with Gasteiger partial charge in [-0.2, -0.15) is 0 Å². The minimum Gasteiger partial charge on any atom is -0.397 e. The standard InChI is InChI=1S/C28H29N7.C2H2/c1-3-4-7-18(2)33-22-10-21(13-30-14-22)25-11-20(24(29)16-32-25)12-27-34-26-17-31-15-23(28(26)35-27)19-8-5-6-9-19;1-2/h5,8-11,13-17,33H,2-4,6-7,12,29H2,1H3,(H,34,35);1-2H. The van der Waals surface area contributed by atoms with E-state index in [0.29, 0.717) is 12.1 Å². The Morgan fingerprint density at radius 3 is 2.76 bits per heavy atom. The summed E-state index contributed by atoms with van der Waals surface area (Å²) in [4.78, 5) is 21.6. The minimum atomic E-state index is 0.559. The highest BCUT2D eigenvalue weighted by atomic mass is 14.9. The van der Waals surface area contributed by atoms with E-state index in [9.17, 15) is 0 Å². The second-order valence-corrected chi connectivity index (χ2v) is 8.80. The summed E-state index contributed by atoms with van der Waals surface area (Å²) in [5.74, 6) is 0.835. The first-order valence-electron chi connectivity index (χ1n) is 12.3. The first kappa shape index (κ1) is 25.4. The highest BCUT2D eigenvalue weighted by Gasteiger charge is 2.14. The van der Waals surface area contributed by atoms with Crippen LogP contribution in [-0.4, -0.2) is 24.9 Å². The third-order valence-corrected chi connectivity index (χ3v) is 6.10. The zero-order chi connectivity index (χ0) is 26.2. The Morgan fingerprint density at radius 2 is 1.97 bits per heavy atom. The molecule has 0 amide bonds. The number of aromatic nitrogens is 5. The largest absolute Gasteiger partial charge is 0.397 e. The average Bonchev–Trinajstić information content (AvgIpc) is 3.60. The molecule has 4 N–H and O–H groups in total. The predicted molar refractivity (Wildman–Crippen MR) is 152 cm³/mol. The summed E-state index contributed by atoms with van der Waals surface area (Å²) < 4.78 is 0. The van der Waals surface area contributed by atoms with Crippen LogP contribution in [0.2, 0.25) is 0 Å². The van der Waals surface area contributed by atoms with Gasteiger partial charge >= 0.3 is 0 Å². The Morgan fingerprint density at radius 1 is 1.14 bits per heavy atom. The molecule has 4 heterocycles. The molecular weight excluding hydrogens is 458 g/mol. The molecule has 7 heteroatoms. The summed E-state index contributed by atoms with van der Waals surface area (Å²) in [5.41, 5.74) is 15.5. The average molecular weight is 490 g/mol. The number of unbranched alkanes of at least 4 members (excludes halogenated alkanes) is 1. The van der Waals surface area contributed by atoms with Crippen LogP contribution in [0, 0.1) is 12.8 Å². The number of aromatic amines is 1. The number of fused-ring (bicyclic) bond motifs is 1. The summed E-state index contributed by atoms with van der Waals surface area (Å²) >= 11 is 0. The summed E-state index contributed by atoms with van der Waals surface area (Å²) in [7, 11) is 0. The van der Waals surface area contributed by atoms with E-state index in [0.717, 1.165) is 81.9 Å². The highest BCUT2D eigenvalue weighted by molar-refractivity contribution is 5.92. The van der Waals surface area contributed by atoms with Gasteiger partial charge in [-0.15, -0.1) is 12.8 Å². The van der Waals surface area contributed by atoms with Gasteiger partial charge in [0.25, 0.3) is 0 Å². The Hall–Kier alpha value is -4.70. The van der Waals surface area contributed by atoms with Gasteiger partial charge in [0.1, 0.15) is 5.82 Å². The van der Waals surface area contributed by atoms with Gasteiger partial charge in [0, 0.05) is 35.6 Å². The van der Waals surface area contributed by atoms with Crippen LogP contribution in [0.5, 0.6) is 0 Å². The van der Waals surface area contributed by atoms with E-state index in [2.05, 4.69) is 69.8 Å². The number of pyridine rings is 3. The van der Waals surface area contributed by atoms with Gasteiger partial charge < -0.3 is 16.0 Å². The van der Waals surface area contributed by atoms with Crippen LogP contribution in [0.3, 0.4) is 0 Å². The molecule has 4 aromatic heterocycles. The molecule has 0 aromatic carbocycles. The van der Waals surface area contributed by atoms with Crippen LogP contribution in [0.4, 0.5) is 11.4 Å². The summed E-state index contributed by atoms with van der Waals surface area (Å²) in [6, 6.07) is 4.05. The van der Waals surface area contributed by atoms with E-state index in [1.54, 1.807) is 12.4 Å². The number of anilines is 2. The molecule has 0 aliphatic heterocycles. The van der Waals surface area contributed by atoms with Crippen LogP contribution in [0.1, 0.15) is 49.6 Å². The zero-order valence-corrected chi connectivity index (χ0v) is 21.0. The fourth-order valence-electron chi connectivity index (χ4n) is 4.24. The normalized spacial score (nSPS) is 12.1. The lowest BCUT2D eigenvalue weighted by Crippen LogP contribution is -2.01. The summed E-state index contributed by atoms with van der Waals surface area (Å²) in [5, 5.41) is 3.36. The lowest BCUT2D eigenvalue weighted by molar-refractivity contribution is 0.791. The second-order valence-electron chi connectivity index (χ2n) is 8.80. The number of nitrogens with zero attached hydrogens (tertiary/aromatic N) is 4. The third kappa shape index (κ3) is 5.93. The van der Waals surface area contributed by atoms with E-state index in [-0.39, 0.29) is 0 Å². The smallest absolute Gasteiger partial charge is 0.111 e. The molecule has 0 spiro atoms.